The van der Waals surface area contributed by atoms with E-state index in [4.69, 9.17) is 23.2 Å². The van der Waals surface area contributed by atoms with E-state index in [-0.39, 0.29) is 0 Å². The van der Waals surface area contributed by atoms with Crippen molar-refractivity contribution < 1.29 is 0 Å². The monoisotopic (exact) mass is 332 g/mol. The van der Waals surface area contributed by atoms with Gasteiger partial charge in [0.2, 0.25) is 0 Å². The first kappa shape index (κ1) is 11.7. The Morgan fingerprint density at radius 3 is 1.43 bits per heavy atom. The molecule has 0 nitrogen and oxygen atoms in total. The number of halogens is 2. The van der Waals surface area contributed by atoms with Gasteiger partial charge in [-0.25, -0.2) is 0 Å². The lowest BCUT2D eigenvalue weighted by Crippen LogP contribution is -1.87. The van der Waals surface area contributed by atoms with Crippen molar-refractivity contribution in [3.05, 3.63) is 67.7 Å². The van der Waals surface area contributed by atoms with E-state index in [1.54, 1.807) is 0 Å². The fourth-order valence-electron chi connectivity index (χ4n) is 5.38. The lowest BCUT2D eigenvalue weighted by atomic mass is 9.94. The molecule has 108 valence electrons. The Labute approximate surface area is 142 Å². The van der Waals surface area contributed by atoms with Crippen LogP contribution in [-0.2, 0) is 19.3 Å². The molecule has 23 heavy (non-hydrogen) atoms. The predicted molar refractivity (Wildman–Crippen MR) is 97.4 cm³/mol. The third-order valence-electron chi connectivity index (χ3n) is 6.17. The Balaban J connectivity index is 2.00. The Morgan fingerprint density at radius 2 is 0.957 bits per heavy atom. The van der Waals surface area contributed by atoms with Crippen molar-refractivity contribution >= 4 is 55.5 Å². The van der Waals surface area contributed by atoms with Crippen LogP contribution in [0.4, 0.5) is 0 Å². The summed E-state index contributed by atoms with van der Waals surface area (Å²) in [7, 11) is 0. The second-order valence-corrected chi connectivity index (χ2v) is 7.97. The van der Waals surface area contributed by atoms with E-state index in [9.17, 15) is 0 Å². The predicted octanol–water partition coefficient (Wildman–Crippen LogP) is 6.17. The quantitative estimate of drug-likeness (QED) is 0.291. The van der Waals surface area contributed by atoms with Crippen molar-refractivity contribution in [3.8, 4) is 0 Å². The minimum atomic E-state index is 0.877. The molecule has 3 aliphatic carbocycles. The average Bonchev–Trinajstić information content (AvgIpc) is 3.17. The van der Waals surface area contributed by atoms with Gasteiger partial charge in [-0.2, -0.15) is 0 Å². The van der Waals surface area contributed by atoms with Gasteiger partial charge in [0.1, 0.15) is 0 Å². The molecule has 0 saturated heterocycles. The Bertz CT molecular complexity index is 1190. The smallest absolute Gasteiger partial charge is 0.0450 e. The van der Waals surface area contributed by atoms with Crippen molar-refractivity contribution in [2.24, 2.45) is 0 Å². The van der Waals surface area contributed by atoms with Gasteiger partial charge in [0.25, 0.3) is 0 Å². The molecule has 0 aromatic heterocycles. The summed E-state index contributed by atoms with van der Waals surface area (Å²) < 4.78 is 0. The molecular weight excluding hydrogens is 323 g/mol. The molecule has 0 heterocycles. The molecule has 0 spiro atoms. The number of hydrogen-bond donors (Lipinski definition) is 0. The molecule has 0 fully saturated rings. The van der Waals surface area contributed by atoms with Crippen molar-refractivity contribution in [1.29, 1.82) is 0 Å². The normalized spacial score (nSPS) is 15.7. The van der Waals surface area contributed by atoms with Crippen LogP contribution in [0.3, 0.4) is 0 Å². The fraction of sp³-hybridized carbons (Fsp3) is 0.143. The highest BCUT2D eigenvalue weighted by Gasteiger charge is 2.33. The maximum atomic E-state index is 6.66. The average molecular weight is 333 g/mol. The first-order chi connectivity index (χ1) is 11.2. The minimum absolute atomic E-state index is 0.877. The molecule has 0 amide bonds. The highest BCUT2D eigenvalue weighted by Crippen LogP contribution is 2.55. The molecule has 4 aromatic rings. The van der Waals surface area contributed by atoms with E-state index in [2.05, 4.69) is 24.3 Å². The van der Waals surface area contributed by atoms with Crippen LogP contribution in [0.2, 0.25) is 10.0 Å². The molecule has 2 heteroatoms. The first-order valence-electron chi connectivity index (χ1n) is 8.06. The SMILES string of the molecule is Clc1cc2c3c4c(ccc5c4c4c(cc(Cl)c6c4c3c1C6)C5)C2. The summed E-state index contributed by atoms with van der Waals surface area (Å²) in [6, 6.07) is 9.04. The fourth-order valence-corrected chi connectivity index (χ4v) is 5.96. The zero-order chi connectivity index (χ0) is 15.0. The minimum Gasteiger partial charge on any atom is -0.0840 e. The van der Waals surface area contributed by atoms with E-state index in [1.807, 2.05) is 0 Å². The highest BCUT2D eigenvalue weighted by molar-refractivity contribution is 6.40. The van der Waals surface area contributed by atoms with E-state index >= 15 is 0 Å². The van der Waals surface area contributed by atoms with Crippen LogP contribution in [0, 0.1) is 0 Å². The molecule has 0 aliphatic heterocycles. The van der Waals surface area contributed by atoms with Gasteiger partial charge in [-0.3, -0.25) is 0 Å². The van der Waals surface area contributed by atoms with Gasteiger partial charge in [-0.1, -0.05) is 35.3 Å². The van der Waals surface area contributed by atoms with E-state index < -0.39 is 0 Å². The second kappa shape index (κ2) is 3.36. The molecule has 4 aromatic carbocycles. The molecular formula is C21H10Cl2. The van der Waals surface area contributed by atoms with E-state index in [0.29, 0.717) is 0 Å². The third-order valence-corrected chi connectivity index (χ3v) is 6.84. The topological polar surface area (TPSA) is 0 Å². The number of rotatable bonds is 0. The van der Waals surface area contributed by atoms with Gasteiger partial charge in [0, 0.05) is 16.5 Å². The molecule has 3 aliphatic rings. The largest absolute Gasteiger partial charge is 0.0840 e. The number of hydrogen-bond acceptors (Lipinski definition) is 0. The summed E-state index contributed by atoms with van der Waals surface area (Å²) >= 11 is 13.3. The van der Waals surface area contributed by atoms with Gasteiger partial charge in [-0.05, 0) is 90.7 Å². The first-order valence-corrected chi connectivity index (χ1v) is 8.82. The van der Waals surface area contributed by atoms with Crippen molar-refractivity contribution in [3.63, 3.8) is 0 Å². The Morgan fingerprint density at radius 1 is 0.522 bits per heavy atom. The highest BCUT2D eigenvalue weighted by atomic mass is 35.5. The molecule has 0 atom stereocenters. The van der Waals surface area contributed by atoms with Crippen LogP contribution in [-0.4, -0.2) is 0 Å². The van der Waals surface area contributed by atoms with Gasteiger partial charge < -0.3 is 0 Å². The lowest BCUT2D eigenvalue weighted by Gasteiger charge is -2.10. The molecule has 0 radical (unpaired) electrons. The molecule has 0 unspecified atom stereocenters. The molecule has 7 rings (SSSR count). The molecule has 0 saturated carbocycles. The van der Waals surface area contributed by atoms with E-state index in [1.165, 1.54) is 65.7 Å². The maximum Gasteiger partial charge on any atom is 0.0450 e. The summed E-state index contributed by atoms with van der Waals surface area (Å²) in [6.45, 7) is 0. The van der Waals surface area contributed by atoms with Gasteiger partial charge in [0.15, 0.2) is 0 Å². The summed E-state index contributed by atoms with van der Waals surface area (Å²) in [5, 5.41) is 10.5. The Hall–Kier alpha value is -1.76. The van der Waals surface area contributed by atoms with E-state index in [0.717, 1.165) is 29.3 Å². The summed E-state index contributed by atoms with van der Waals surface area (Å²) in [4.78, 5) is 0. The zero-order valence-electron chi connectivity index (χ0n) is 12.2. The second-order valence-electron chi connectivity index (χ2n) is 7.16. The van der Waals surface area contributed by atoms with Crippen LogP contribution in [0.25, 0.3) is 32.3 Å². The summed E-state index contributed by atoms with van der Waals surface area (Å²) in [5.74, 6) is 0. The summed E-state index contributed by atoms with van der Waals surface area (Å²) in [6.07, 6.45) is 2.90. The van der Waals surface area contributed by atoms with Crippen molar-refractivity contribution in [2.75, 3.05) is 0 Å². The van der Waals surface area contributed by atoms with Crippen LogP contribution in [0.5, 0.6) is 0 Å². The van der Waals surface area contributed by atoms with Crippen molar-refractivity contribution in [2.45, 2.75) is 19.3 Å². The standard InChI is InChI=1S/C21H10Cl2/c22-14-5-10-3-8-1-2-9-4-11-6-15(23)13-7-12(14)20-18(10)16(8)17(9)19(11)21(13)20/h1-2,5-6H,3-4,7H2. The Kier molecular flexibility index (Phi) is 1.71. The van der Waals surface area contributed by atoms with Crippen LogP contribution < -0.4 is 0 Å². The summed E-state index contributed by atoms with van der Waals surface area (Å²) in [5.41, 5.74) is 8.28. The van der Waals surface area contributed by atoms with Crippen molar-refractivity contribution in [1.82, 2.24) is 0 Å². The van der Waals surface area contributed by atoms with Gasteiger partial charge in [0.05, 0.1) is 0 Å². The lowest BCUT2D eigenvalue weighted by molar-refractivity contribution is 1.24. The van der Waals surface area contributed by atoms with Crippen LogP contribution in [0.1, 0.15) is 33.4 Å². The van der Waals surface area contributed by atoms with Gasteiger partial charge >= 0.3 is 0 Å². The van der Waals surface area contributed by atoms with Gasteiger partial charge in [-0.15, -0.1) is 0 Å². The van der Waals surface area contributed by atoms with Crippen LogP contribution in [0.15, 0.2) is 24.3 Å². The molecule has 0 bridgehead atoms. The van der Waals surface area contributed by atoms with Crippen LogP contribution >= 0.6 is 23.2 Å². The third kappa shape index (κ3) is 1.07. The zero-order valence-corrected chi connectivity index (χ0v) is 13.7. The maximum absolute atomic E-state index is 6.66. The number of benzene rings is 4. The molecule has 0 N–H and O–H groups in total.